The van der Waals surface area contributed by atoms with E-state index < -0.39 is 0 Å². The Kier molecular flexibility index (Phi) is 4.09. The fraction of sp³-hybridized carbons (Fsp3) is 0.636. The summed E-state index contributed by atoms with van der Waals surface area (Å²) in [5.41, 5.74) is 0. The van der Waals surface area contributed by atoms with E-state index in [4.69, 9.17) is 0 Å². The summed E-state index contributed by atoms with van der Waals surface area (Å²) >= 11 is 0. The molecular formula is C11H19N. The summed E-state index contributed by atoms with van der Waals surface area (Å²) in [6, 6.07) is 0.684. The van der Waals surface area contributed by atoms with Gasteiger partial charge in [0.2, 0.25) is 0 Å². The number of piperidine rings is 1. The first-order valence-electron chi connectivity index (χ1n) is 4.82. The van der Waals surface area contributed by atoms with Gasteiger partial charge >= 0.3 is 0 Å². The van der Waals surface area contributed by atoms with Crippen molar-refractivity contribution in [3.8, 4) is 0 Å². The Morgan fingerprint density at radius 3 is 2.42 bits per heavy atom. The van der Waals surface area contributed by atoms with Crippen molar-refractivity contribution >= 4 is 0 Å². The molecule has 1 aliphatic heterocycles. The van der Waals surface area contributed by atoms with Gasteiger partial charge in [-0.25, -0.2) is 0 Å². The van der Waals surface area contributed by atoms with Crippen LogP contribution in [0.4, 0.5) is 0 Å². The van der Waals surface area contributed by atoms with E-state index in [1.807, 2.05) is 12.2 Å². The van der Waals surface area contributed by atoms with Crippen LogP contribution >= 0.6 is 0 Å². The van der Waals surface area contributed by atoms with Crippen LogP contribution in [-0.2, 0) is 0 Å². The standard InChI is InChI=1S/C11H19N/c1-3-5-10-7-8-11(6-4-2)12-9-10/h3-4,10-12H,1-2,5-9H2. The van der Waals surface area contributed by atoms with E-state index in [1.54, 1.807) is 0 Å². The second-order valence-corrected chi connectivity index (χ2v) is 3.60. The van der Waals surface area contributed by atoms with Gasteiger partial charge in [-0.3, -0.25) is 0 Å². The van der Waals surface area contributed by atoms with Crippen molar-refractivity contribution in [2.75, 3.05) is 6.54 Å². The quantitative estimate of drug-likeness (QED) is 0.631. The van der Waals surface area contributed by atoms with Crippen LogP contribution in [0.2, 0.25) is 0 Å². The van der Waals surface area contributed by atoms with Gasteiger partial charge in [0.15, 0.2) is 0 Å². The molecule has 1 fully saturated rings. The minimum atomic E-state index is 0.684. The van der Waals surface area contributed by atoms with Gasteiger partial charge < -0.3 is 5.32 Å². The summed E-state index contributed by atoms with van der Waals surface area (Å²) in [7, 11) is 0. The number of hydrogen-bond donors (Lipinski definition) is 1. The summed E-state index contributed by atoms with van der Waals surface area (Å²) in [5.74, 6) is 0.823. The molecule has 68 valence electrons. The zero-order valence-electron chi connectivity index (χ0n) is 7.76. The predicted molar refractivity (Wildman–Crippen MR) is 54.1 cm³/mol. The maximum Gasteiger partial charge on any atom is 0.0102 e. The lowest BCUT2D eigenvalue weighted by molar-refractivity contribution is 0.313. The number of rotatable bonds is 4. The third kappa shape index (κ3) is 2.82. The molecule has 0 saturated carbocycles. The first-order valence-corrected chi connectivity index (χ1v) is 4.82. The Hall–Kier alpha value is -0.560. The molecular weight excluding hydrogens is 146 g/mol. The highest BCUT2D eigenvalue weighted by molar-refractivity contribution is 4.85. The zero-order chi connectivity index (χ0) is 8.81. The number of allylic oxidation sites excluding steroid dienone is 1. The third-order valence-electron chi connectivity index (χ3n) is 2.57. The van der Waals surface area contributed by atoms with Crippen LogP contribution in [-0.4, -0.2) is 12.6 Å². The Morgan fingerprint density at radius 2 is 1.92 bits per heavy atom. The average Bonchev–Trinajstić information content (AvgIpc) is 2.09. The Bertz CT molecular complexity index is 125. The van der Waals surface area contributed by atoms with Crippen molar-refractivity contribution in [2.45, 2.75) is 31.7 Å². The van der Waals surface area contributed by atoms with Gasteiger partial charge in [-0.05, 0) is 38.1 Å². The topological polar surface area (TPSA) is 12.0 Å². The van der Waals surface area contributed by atoms with E-state index in [0.29, 0.717) is 6.04 Å². The molecule has 1 heteroatoms. The van der Waals surface area contributed by atoms with Crippen molar-refractivity contribution in [1.82, 2.24) is 5.32 Å². The van der Waals surface area contributed by atoms with E-state index in [9.17, 15) is 0 Å². The van der Waals surface area contributed by atoms with E-state index in [1.165, 1.54) is 12.8 Å². The highest BCUT2D eigenvalue weighted by atomic mass is 14.9. The Morgan fingerprint density at radius 1 is 1.17 bits per heavy atom. The number of hydrogen-bond acceptors (Lipinski definition) is 1. The minimum Gasteiger partial charge on any atom is -0.313 e. The molecule has 0 aromatic carbocycles. The summed E-state index contributed by atoms with van der Waals surface area (Å²) in [5, 5.41) is 3.54. The molecule has 0 amide bonds. The molecule has 0 spiro atoms. The normalized spacial score (nSPS) is 29.7. The van der Waals surface area contributed by atoms with Gasteiger partial charge in [0.1, 0.15) is 0 Å². The summed E-state index contributed by atoms with van der Waals surface area (Å²) in [6.07, 6.45) is 8.95. The lowest BCUT2D eigenvalue weighted by atomic mass is 9.91. The highest BCUT2D eigenvalue weighted by Crippen LogP contribution is 2.19. The lowest BCUT2D eigenvalue weighted by Crippen LogP contribution is -2.38. The fourth-order valence-electron chi connectivity index (χ4n) is 1.81. The molecule has 1 aliphatic rings. The van der Waals surface area contributed by atoms with Crippen molar-refractivity contribution in [1.29, 1.82) is 0 Å². The predicted octanol–water partition coefficient (Wildman–Crippen LogP) is 2.51. The highest BCUT2D eigenvalue weighted by Gasteiger charge is 2.17. The molecule has 2 atom stereocenters. The second-order valence-electron chi connectivity index (χ2n) is 3.60. The van der Waals surface area contributed by atoms with Crippen LogP contribution in [0.3, 0.4) is 0 Å². The summed E-state index contributed by atoms with van der Waals surface area (Å²) in [6.45, 7) is 8.68. The van der Waals surface area contributed by atoms with Gasteiger partial charge in [0, 0.05) is 6.04 Å². The van der Waals surface area contributed by atoms with E-state index in [2.05, 4.69) is 18.5 Å². The van der Waals surface area contributed by atoms with Crippen molar-refractivity contribution in [2.24, 2.45) is 5.92 Å². The molecule has 0 bridgehead atoms. The maximum atomic E-state index is 3.77. The molecule has 1 N–H and O–H groups in total. The molecule has 1 rings (SSSR count). The van der Waals surface area contributed by atoms with Crippen molar-refractivity contribution in [3.05, 3.63) is 25.3 Å². The lowest BCUT2D eigenvalue weighted by Gasteiger charge is -2.28. The van der Waals surface area contributed by atoms with Gasteiger partial charge in [0.05, 0.1) is 0 Å². The molecule has 1 saturated heterocycles. The molecule has 2 unspecified atom stereocenters. The first kappa shape index (κ1) is 9.53. The molecule has 0 aromatic heterocycles. The minimum absolute atomic E-state index is 0.684. The van der Waals surface area contributed by atoms with Crippen LogP contribution in [0.15, 0.2) is 25.3 Å². The molecule has 12 heavy (non-hydrogen) atoms. The maximum absolute atomic E-state index is 3.77. The first-order chi connectivity index (χ1) is 5.86. The van der Waals surface area contributed by atoms with Crippen molar-refractivity contribution in [3.63, 3.8) is 0 Å². The second kappa shape index (κ2) is 5.15. The molecule has 0 aromatic rings. The van der Waals surface area contributed by atoms with Crippen LogP contribution in [0, 0.1) is 5.92 Å². The van der Waals surface area contributed by atoms with Crippen molar-refractivity contribution < 1.29 is 0 Å². The molecule has 0 aliphatic carbocycles. The zero-order valence-corrected chi connectivity index (χ0v) is 7.76. The molecule has 1 nitrogen and oxygen atoms in total. The number of nitrogens with one attached hydrogen (secondary N) is 1. The van der Waals surface area contributed by atoms with Crippen LogP contribution in [0.5, 0.6) is 0 Å². The van der Waals surface area contributed by atoms with E-state index >= 15 is 0 Å². The van der Waals surface area contributed by atoms with Crippen LogP contribution < -0.4 is 5.32 Å². The SMILES string of the molecule is C=CCC1CCC(CC=C)NC1. The fourth-order valence-corrected chi connectivity index (χ4v) is 1.81. The summed E-state index contributed by atoms with van der Waals surface area (Å²) in [4.78, 5) is 0. The Labute approximate surface area is 75.6 Å². The van der Waals surface area contributed by atoms with Gasteiger partial charge in [-0.2, -0.15) is 0 Å². The summed E-state index contributed by atoms with van der Waals surface area (Å²) < 4.78 is 0. The van der Waals surface area contributed by atoms with Gasteiger partial charge in [0.25, 0.3) is 0 Å². The smallest absolute Gasteiger partial charge is 0.0102 e. The largest absolute Gasteiger partial charge is 0.313 e. The van der Waals surface area contributed by atoms with E-state index in [0.717, 1.165) is 25.3 Å². The van der Waals surface area contributed by atoms with Crippen LogP contribution in [0.25, 0.3) is 0 Å². The van der Waals surface area contributed by atoms with E-state index in [-0.39, 0.29) is 0 Å². The molecule has 1 heterocycles. The molecule has 0 radical (unpaired) electrons. The average molecular weight is 165 g/mol. The van der Waals surface area contributed by atoms with Crippen LogP contribution in [0.1, 0.15) is 25.7 Å². The van der Waals surface area contributed by atoms with Gasteiger partial charge in [-0.15, -0.1) is 13.2 Å². The monoisotopic (exact) mass is 165 g/mol. The van der Waals surface area contributed by atoms with Gasteiger partial charge in [-0.1, -0.05) is 12.2 Å². The Balaban J connectivity index is 2.19. The third-order valence-corrected chi connectivity index (χ3v) is 2.57.